The molecule has 1 saturated carbocycles. The van der Waals surface area contributed by atoms with Gasteiger partial charge in [-0.25, -0.2) is 9.18 Å². The molecule has 2 fully saturated rings. The van der Waals surface area contributed by atoms with Gasteiger partial charge in [-0.1, -0.05) is 53.0 Å². The maximum Gasteiger partial charge on any atom is 0.331 e. The summed E-state index contributed by atoms with van der Waals surface area (Å²) in [7, 11) is -2.18. The number of imide groups is 2. The van der Waals surface area contributed by atoms with Crippen LogP contribution in [0.1, 0.15) is 71.3 Å². The van der Waals surface area contributed by atoms with Gasteiger partial charge in [0.05, 0.1) is 12.0 Å². The molecule has 1 aromatic carbocycles. The molecule has 0 spiro atoms. The van der Waals surface area contributed by atoms with Gasteiger partial charge in [-0.15, -0.1) is 0 Å². The van der Waals surface area contributed by atoms with Crippen molar-refractivity contribution < 1.29 is 32.7 Å². The van der Waals surface area contributed by atoms with Crippen molar-refractivity contribution in [3.8, 4) is 11.5 Å². The topological polar surface area (TPSA) is 102 Å². The number of unbranched alkanes of at least 4 members (excludes halogenated alkanes) is 3. The molecule has 10 heteroatoms. The Hall–Kier alpha value is -2.75. The van der Waals surface area contributed by atoms with E-state index < -0.39 is 55.7 Å². The number of carbonyl (C=O) groups excluding carboxylic acids is 4. The maximum atomic E-state index is 16.5. The fourth-order valence-corrected chi connectivity index (χ4v) is 6.12. The van der Waals surface area contributed by atoms with E-state index in [0.29, 0.717) is 17.7 Å². The van der Waals surface area contributed by atoms with Crippen molar-refractivity contribution in [3.05, 3.63) is 23.8 Å². The minimum atomic E-state index is -2.62. The van der Waals surface area contributed by atoms with Gasteiger partial charge < -0.3 is 9.16 Å². The number of esters is 1. The van der Waals surface area contributed by atoms with E-state index in [2.05, 4.69) is 33.9 Å². The number of ether oxygens (including phenoxy) is 1. The normalized spacial score (nSPS) is 27.2. The highest BCUT2D eigenvalue weighted by atomic mass is 28.4. The van der Waals surface area contributed by atoms with Gasteiger partial charge in [-0.05, 0) is 30.6 Å². The lowest BCUT2D eigenvalue weighted by atomic mass is 9.53. The number of alkyl halides is 1. The molecule has 36 heavy (non-hydrogen) atoms. The number of hydrogen-bond acceptors (Lipinski definition) is 6. The summed E-state index contributed by atoms with van der Waals surface area (Å²) in [6, 6.07) is 2.35. The van der Waals surface area contributed by atoms with Crippen LogP contribution in [0.15, 0.2) is 18.2 Å². The van der Waals surface area contributed by atoms with E-state index in [1.807, 2.05) is 12.2 Å². The molecule has 4 unspecified atom stereocenters. The van der Waals surface area contributed by atoms with Gasteiger partial charge in [0, 0.05) is 24.0 Å². The number of fused-ring (bicyclic) bond motifs is 6. The van der Waals surface area contributed by atoms with Gasteiger partial charge in [-0.2, -0.15) is 0 Å². The molecule has 196 valence electrons. The molecule has 4 rings (SSSR count). The molecule has 0 aromatic heterocycles. The smallest absolute Gasteiger partial charge is 0.331 e. The van der Waals surface area contributed by atoms with E-state index in [1.54, 1.807) is 18.2 Å². The van der Waals surface area contributed by atoms with Crippen LogP contribution in [0.25, 0.3) is 0 Å². The standard InChI is InChI=1S/C26H35FN2O6Si/c1-7-8-9-10-11-18(30)29-21-19-20(26(21,27)23(32)28-24(29)33)16-13-12-15(14-17(16)34-22(19)31)35-36(5,6)25(2,3)4/h12-14,19-21H,7-11H2,1-6H3,(H,28,32,33). The molecule has 1 aliphatic carbocycles. The van der Waals surface area contributed by atoms with Gasteiger partial charge in [0.25, 0.3) is 5.91 Å². The zero-order valence-corrected chi connectivity index (χ0v) is 22.8. The fraction of sp³-hybridized carbons (Fsp3) is 0.615. The van der Waals surface area contributed by atoms with Crippen molar-refractivity contribution in [1.29, 1.82) is 0 Å². The number of rotatable bonds is 7. The van der Waals surface area contributed by atoms with Gasteiger partial charge >= 0.3 is 12.0 Å². The Morgan fingerprint density at radius 2 is 1.89 bits per heavy atom. The summed E-state index contributed by atoms with van der Waals surface area (Å²) in [6.07, 6.45) is 3.27. The minimum absolute atomic E-state index is 0.0331. The lowest BCUT2D eigenvalue weighted by Crippen LogP contribution is -2.82. The number of amides is 4. The SMILES string of the molecule is CCCCCCC(=O)N1C(=O)NC(=O)C2(F)C3c4ccc(O[Si](C)(C)C(C)(C)C)cc4OC(=O)C3C12. The monoisotopic (exact) mass is 518 g/mol. The first-order valence-electron chi connectivity index (χ1n) is 12.6. The van der Waals surface area contributed by atoms with Crippen LogP contribution in [-0.2, 0) is 14.4 Å². The molecule has 2 heterocycles. The third kappa shape index (κ3) is 4.03. The van der Waals surface area contributed by atoms with Crippen molar-refractivity contribution >= 4 is 32.1 Å². The number of benzene rings is 1. The summed E-state index contributed by atoms with van der Waals surface area (Å²) >= 11 is 0. The summed E-state index contributed by atoms with van der Waals surface area (Å²) in [4.78, 5) is 52.1. The average molecular weight is 519 g/mol. The Kier molecular flexibility index (Phi) is 6.56. The molecule has 4 amide bonds. The third-order valence-electron chi connectivity index (χ3n) is 8.14. The van der Waals surface area contributed by atoms with Crippen molar-refractivity contribution in [2.24, 2.45) is 5.92 Å². The van der Waals surface area contributed by atoms with Crippen molar-refractivity contribution in [2.45, 2.75) is 95.6 Å². The van der Waals surface area contributed by atoms with Crippen LogP contribution in [0, 0.1) is 5.92 Å². The first kappa shape index (κ1) is 26.3. The first-order valence-corrected chi connectivity index (χ1v) is 15.6. The van der Waals surface area contributed by atoms with E-state index in [4.69, 9.17) is 9.16 Å². The molecule has 3 aliphatic rings. The second-order valence-electron chi connectivity index (χ2n) is 11.5. The second kappa shape index (κ2) is 8.97. The highest BCUT2D eigenvalue weighted by Crippen LogP contribution is 2.61. The molecule has 0 bridgehead atoms. The van der Waals surface area contributed by atoms with Gasteiger partial charge in [-0.3, -0.25) is 24.6 Å². The zero-order chi connectivity index (χ0) is 26.6. The fourth-order valence-electron chi connectivity index (χ4n) is 5.10. The van der Waals surface area contributed by atoms with Crippen LogP contribution < -0.4 is 14.5 Å². The number of nitrogens with zero attached hydrogens (tertiary/aromatic N) is 1. The molecule has 2 aliphatic heterocycles. The lowest BCUT2D eigenvalue weighted by Gasteiger charge is -2.59. The van der Waals surface area contributed by atoms with Crippen LogP contribution in [0.4, 0.5) is 9.18 Å². The van der Waals surface area contributed by atoms with E-state index in [9.17, 15) is 19.2 Å². The van der Waals surface area contributed by atoms with Crippen LogP contribution >= 0.6 is 0 Å². The molecule has 1 N–H and O–H groups in total. The summed E-state index contributed by atoms with van der Waals surface area (Å²) in [5, 5.41) is 1.94. The summed E-state index contributed by atoms with van der Waals surface area (Å²) in [5.41, 5.74) is -2.27. The van der Waals surface area contributed by atoms with Crippen LogP contribution in [0.3, 0.4) is 0 Å². The molecule has 8 nitrogen and oxygen atoms in total. The summed E-state index contributed by atoms with van der Waals surface area (Å²) in [5.74, 6) is -4.16. The predicted octanol–water partition coefficient (Wildman–Crippen LogP) is 4.83. The number of hydrogen-bond donors (Lipinski definition) is 1. The largest absolute Gasteiger partial charge is 0.543 e. The van der Waals surface area contributed by atoms with Crippen molar-refractivity contribution in [1.82, 2.24) is 10.2 Å². The molecule has 1 aromatic rings. The van der Waals surface area contributed by atoms with Gasteiger partial charge in [0.2, 0.25) is 19.9 Å². The van der Waals surface area contributed by atoms with Crippen molar-refractivity contribution in [3.63, 3.8) is 0 Å². The average Bonchev–Trinajstić information content (AvgIpc) is 2.76. The van der Waals surface area contributed by atoms with E-state index in [0.717, 1.165) is 24.2 Å². The Labute approximate surface area is 212 Å². The molecule has 1 saturated heterocycles. The highest BCUT2D eigenvalue weighted by molar-refractivity contribution is 6.74. The third-order valence-corrected chi connectivity index (χ3v) is 12.5. The molecular formula is C26H35FN2O6Si. The quantitative estimate of drug-likeness (QED) is 0.240. The number of urea groups is 1. The van der Waals surface area contributed by atoms with Gasteiger partial charge in [0.15, 0.2) is 0 Å². The Balaban J connectivity index is 1.64. The summed E-state index contributed by atoms with van der Waals surface area (Å²) < 4.78 is 28.4. The summed E-state index contributed by atoms with van der Waals surface area (Å²) in [6.45, 7) is 12.5. The Morgan fingerprint density at radius 3 is 2.53 bits per heavy atom. The molecule has 0 radical (unpaired) electrons. The predicted molar refractivity (Wildman–Crippen MR) is 133 cm³/mol. The Morgan fingerprint density at radius 1 is 1.19 bits per heavy atom. The lowest BCUT2D eigenvalue weighted by molar-refractivity contribution is -0.186. The second-order valence-corrected chi connectivity index (χ2v) is 16.3. The highest BCUT2D eigenvalue weighted by Gasteiger charge is 2.77. The first-order chi connectivity index (χ1) is 16.7. The molecular weight excluding hydrogens is 483 g/mol. The number of halogens is 1. The van der Waals surface area contributed by atoms with Crippen molar-refractivity contribution in [2.75, 3.05) is 0 Å². The van der Waals surface area contributed by atoms with E-state index in [1.165, 1.54) is 0 Å². The van der Waals surface area contributed by atoms with Gasteiger partial charge in [0.1, 0.15) is 11.5 Å². The van der Waals surface area contributed by atoms with E-state index >= 15 is 4.39 Å². The van der Waals surface area contributed by atoms with Crippen LogP contribution in [-0.4, -0.2) is 48.7 Å². The molecule has 4 atom stereocenters. The Bertz CT molecular complexity index is 1120. The zero-order valence-electron chi connectivity index (χ0n) is 21.8. The number of carbonyl (C=O) groups is 4. The van der Waals surface area contributed by atoms with Crippen LogP contribution in [0.5, 0.6) is 11.5 Å². The van der Waals surface area contributed by atoms with Crippen LogP contribution in [0.2, 0.25) is 18.1 Å². The van der Waals surface area contributed by atoms with E-state index in [-0.39, 0.29) is 17.2 Å². The maximum absolute atomic E-state index is 16.5. The minimum Gasteiger partial charge on any atom is -0.543 e. The number of nitrogens with one attached hydrogen (secondary N) is 1.